The SMILES string of the molecule is C#Cc1oc2c(Cl)cncc2c1N. The monoisotopic (exact) mass is 192 g/mol. The van der Waals surface area contributed by atoms with E-state index in [0.717, 1.165) is 0 Å². The molecular formula is C9H5ClN2O. The molecule has 2 heterocycles. The topological polar surface area (TPSA) is 52.0 Å². The minimum Gasteiger partial charge on any atom is -0.444 e. The molecule has 0 aromatic carbocycles. The van der Waals surface area contributed by atoms with Crippen LogP contribution in [-0.4, -0.2) is 4.98 Å². The summed E-state index contributed by atoms with van der Waals surface area (Å²) in [4.78, 5) is 3.88. The summed E-state index contributed by atoms with van der Waals surface area (Å²) in [5.41, 5.74) is 6.58. The number of terminal acetylenes is 1. The molecule has 0 radical (unpaired) electrons. The Bertz CT molecular complexity index is 510. The lowest BCUT2D eigenvalue weighted by Crippen LogP contribution is -1.84. The molecule has 0 atom stereocenters. The first-order valence-corrected chi connectivity index (χ1v) is 3.90. The number of furan rings is 1. The fourth-order valence-electron chi connectivity index (χ4n) is 1.11. The normalized spacial score (nSPS) is 10.2. The molecule has 0 bridgehead atoms. The minimum absolute atomic E-state index is 0.296. The van der Waals surface area contributed by atoms with Gasteiger partial charge in [0.15, 0.2) is 5.58 Å². The van der Waals surface area contributed by atoms with Crippen LogP contribution >= 0.6 is 11.6 Å². The molecule has 0 unspecified atom stereocenters. The van der Waals surface area contributed by atoms with Crippen molar-refractivity contribution in [3.8, 4) is 12.3 Å². The van der Waals surface area contributed by atoms with Gasteiger partial charge in [0.2, 0.25) is 5.76 Å². The van der Waals surface area contributed by atoms with Gasteiger partial charge in [-0.25, -0.2) is 0 Å². The highest BCUT2D eigenvalue weighted by Crippen LogP contribution is 2.31. The molecule has 0 fully saturated rings. The molecule has 64 valence electrons. The summed E-state index contributed by atoms with van der Waals surface area (Å²) >= 11 is 5.82. The molecule has 0 saturated heterocycles. The standard InChI is InChI=1S/C9H5ClN2O/c1-2-7-8(11)5-3-12-4-6(10)9(5)13-7/h1,3-4H,11H2. The fraction of sp³-hybridized carbons (Fsp3) is 0. The van der Waals surface area contributed by atoms with Gasteiger partial charge < -0.3 is 10.2 Å². The van der Waals surface area contributed by atoms with Crippen molar-refractivity contribution in [2.75, 3.05) is 5.73 Å². The fourth-order valence-corrected chi connectivity index (χ4v) is 1.30. The Morgan fingerprint density at radius 3 is 2.92 bits per heavy atom. The van der Waals surface area contributed by atoms with E-state index in [1.165, 1.54) is 6.20 Å². The summed E-state index contributed by atoms with van der Waals surface area (Å²) in [5.74, 6) is 2.63. The third-order valence-electron chi connectivity index (χ3n) is 1.72. The van der Waals surface area contributed by atoms with E-state index in [1.54, 1.807) is 6.20 Å². The molecule has 2 rings (SSSR count). The zero-order chi connectivity index (χ0) is 9.42. The third-order valence-corrected chi connectivity index (χ3v) is 1.99. The number of nitrogen functional groups attached to an aromatic ring is 1. The molecule has 0 aliphatic carbocycles. The van der Waals surface area contributed by atoms with Crippen LogP contribution in [0.4, 0.5) is 5.69 Å². The Morgan fingerprint density at radius 1 is 1.54 bits per heavy atom. The van der Waals surface area contributed by atoms with Crippen molar-refractivity contribution >= 4 is 28.3 Å². The van der Waals surface area contributed by atoms with Gasteiger partial charge in [0, 0.05) is 12.4 Å². The van der Waals surface area contributed by atoms with Gasteiger partial charge in [-0.3, -0.25) is 4.98 Å². The van der Waals surface area contributed by atoms with Gasteiger partial charge in [-0.2, -0.15) is 0 Å². The van der Waals surface area contributed by atoms with Gasteiger partial charge >= 0.3 is 0 Å². The van der Waals surface area contributed by atoms with Crippen molar-refractivity contribution in [3.05, 3.63) is 23.2 Å². The average Bonchev–Trinajstić information content (AvgIpc) is 2.45. The van der Waals surface area contributed by atoms with E-state index < -0.39 is 0 Å². The van der Waals surface area contributed by atoms with Crippen LogP contribution in [0.2, 0.25) is 5.02 Å². The Kier molecular flexibility index (Phi) is 1.64. The quantitative estimate of drug-likeness (QED) is 0.650. The summed E-state index contributed by atoms with van der Waals surface area (Å²) in [5, 5.41) is 1.06. The van der Waals surface area contributed by atoms with Crippen LogP contribution in [0, 0.1) is 12.3 Å². The minimum atomic E-state index is 0.296. The zero-order valence-corrected chi connectivity index (χ0v) is 7.30. The molecule has 0 aliphatic rings. The molecule has 13 heavy (non-hydrogen) atoms. The van der Waals surface area contributed by atoms with Crippen molar-refractivity contribution in [1.82, 2.24) is 4.98 Å². The average molecular weight is 193 g/mol. The molecule has 0 saturated carbocycles. The Hall–Kier alpha value is -1.66. The highest BCUT2D eigenvalue weighted by atomic mass is 35.5. The van der Waals surface area contributed by atoms with Crippen LogP contribution in [0.15, 0.2) is 16.8 Å². The second-order valence-electron chi connectivity index (χ2n) is 2.49. The van der Waals surface area contributed by atoms with Gasteiger partial charge in [-0.05, 0) is 5.92 Å². The lowest BCUT2D eigenvalue weighted by molar-refractivity contribution is 0.603. The van der Waals surface area contributed by atoms with Crippen LogP contribution in [0.3, 0.4) is 0 Å². The summed E-state index contributed by atoms with van der Waals surface area (Å²) in [6, 6.07) is 0. The first kappa shape index (κ1) is 7.96. The predicted molar refractivity (Wildman–Crippen MR) is 51.4 cm³/mol. The van der Waals surface area contributed by atoms with E-state index in [-0.39, 0.29) is 0 Å². The van der Waals surface area contributed by atoms with Crippen molar-refractivity contribution in [3.63, 3.8) is 0 Å². The molecule has 0 aliphatic heterocycles. The summed E-state index contributed by atoms with van der Waals surface area (Å²) in [6.07, 6.45) is 8.23. The number of fused-ring (bicyclic) bond motifs is 1. The number of nitrogens with zero attached hydrogens (tertiary/aromatic N) is 1. The maximum Gasteiger partial charge on any atom is 0.200 e. The second-order valence-corrected chi connectivity index (χ2v) is 2.89. The number of nitrogens with two attached hydrogens (primary N) is 1. The molecule has 0 amide bonds. The smallest absolute Gasteiger partial charge is 0.200 e. The van der Waals surface area contributed by atoms with Crippen LogP contribution in [0.5, 0.6) is 0 Å². The number of hydrogen-bond donors (Lipinski definition) is 1. The van der Waals surface area contributed by atoms with Gasteiger partial charge in [-0.1, -0.05) is 11.6 Å². The van der Waals surface area contributed by atoms with Gasteiger partial charge in [0.1, 0.15) is 5.02 Å². The van der Waals surface area contributed by atoms with Crippen molar-refractivity contribution in [2.24, 2.45) is 0 Å². The van der Waals surface area contributed by atoms with E-state index in [2.05, 4.69) is 10.9 Å². The molecule has 2 aromatic rings. The first-order chi connectivity index (χ1) is 6.24. The Balaban J connectivity index is 2.94. The van der Waals surface area contributed by atoms with E-state index >= 15 is 0 Å². The number of rotatable bonds is 0. The van der Waals surface area contributed by atoms with Gasteiger partial charge in [0.05, 0.1) is 11.1 Å². The van der Waals surface area contributed by atoms with E-state index in [0.29, 0.717) is 27.4 Å². The molecule has 2 aromatic heterocycles. The maximum absolute atomic E-state index is 5.82. The summed E-state index contributed by atoms with van der Waals surface area (Å²) in [7, 11) is 0. The number of pyridine rings is 1. The second kappa shape index (κ2) is 2.68. The van der Waals surface area contributed by atoms with Gasteiger partial charge in [0.25, 0.3) is 0 Å². The third kappa shape index (κ3) is 1.04. The predicted octanol–water partition coefficient (Wildman–Crippen LogP) is 2.04. The highest BCUT2D eigenvalue weighted by molar-refractivity contribution is 6.35. The largest absolute Gasteiger partial charge is 0.444 e. The van der Waals surface area contributed by atoms with E-state index in [9.17, 15) is 0 Å². The van der Waals surface area contributed by atoms with Crippen molar-refractivity contribution in [1.29, 1.82) is 0 Å². The van der Waals surface area contributed by atoms with Crippen LogP contribution in [0.25, 0.3) is 11.0 Å². The van der Waals surface area contributed by atoms with Crippen molar-refractivity contribution in [2.45, 2.75) is 0 Å². The van der Waals surface area contributed by atoms with Gasteiger partial charge in [-0.15, -0.1) is 6.42 Å². The summed E-state index contributed by atoms with van der Waals surface area (Å²) < 4.78 is 5.25. The Morgan fingerprint density at radius 2 is 2.31 bits per heavy atom. The van der Waals surface area contributed by atoms with Crippen LogP contribution in [0.1, 0.15) is 5.76 Å². The molecular weight excluding hydrogens is 188 g/mol. The molecule has 0 spiro atoms. The number of hydrogen-bond acceptors (Lipinski definition) is 3. The highest BCUT2D eigenvalue weighted by Gasteiger charge is 2.11. The summed E-state index contributed by atoms with van der Waals surface area (Å²) in [6.45, 7) is 0. The first-order valence-electron chi connectivity index (χ1n) is 3.52. The zero-order valence-electron chi connectivity index (χ0n) is 6.54. The molecule has 2 N–H and O–H groups in total. The van der Waals surface area contributed by atoms with Crippen LogP contribution < -0.4 is 5.73 Å². The number of aromatic nitrogens is 1. The maximum atomic E-state index is 5.82. The Labute approximate surface area is 79.5 Å². The lowest BCUT2D eigenvalue weighted by Gasteiger charge is -1.89. The molecule has 4 heteroatoms. The van der Waals surface area contributed by atoms with Crippen LogP contribution in [-0.2, 0) is 0 Å². The van der Waals surface area contributed by atoms with Crippen molar-refractivity contribution < 1.29 is 4.42 Å². The van der Waals surface area contributed by atoms with E-state index in [1.807, 2.05) is 0 Å². The number of halogens is 1. The number of anilines is 1. The lowest BCUT2D eigenvalue weighted by atomic mass is 10.3. The molecule has 3 nitrogen and oxygen atoms in total. The van der Waals surface area contributed by atoms with E-state index in [4.69, 9.17) is 28.2 Å².